The van der Waals surface area contributed by atoms with Crippen LogP contribution in [0.15, 0.2) is 18.2 Å². The minimum Gasteiger partial charge on any atom is -0.394 e. The van der Waals surface area contributed by atoms with Gasteiger partial charge in [0.25, 0.3) is 17.6 Å². The van der Waals surface area contributed by atoms with Crippen LogP contribution in [0, 0.1) is 26.6 Å². The number of carbonyl (C=O) groups excluding carboxylic acids is 4. The summed E-state index contributed by atoms with van der Waals surface area (Å²) < 4.78 is 20.5. The van der Waals surface area contributed by atoms with Crippen LogP contribution in [0.2, 0.25) is 0 Å². The van der Waals surface area contributed by atoms with Crippen molar-refractivity contribution in [2.24, 2.45) is 7.05 Å². The molecule has 0 radical (unpaired) electrons. The number of halogens is 1. The number of hydrogen-bond donors (Lipinski definition) is 4. The second kappa shape index (κ2) is 11.0. The molecule has 0 atom stereocenters. The van der Waals surface area contributed by atoms with E-state index < -0.39 is 40.4 Å². The maximum Gasteiger partial charge on any atom is 0.294 e. The van der Waals surface area contributed by atoms with Gasteiger partial charge in [-0.05, 0) is 63.9 Å². The first-order valence-electron chi connectivity index (χ1n) is 12.3. The van der Waals surface area contributed by atoms with Gasteiger partial charge in [0.1, 0.15) is 11.4 Å². The van der Waals surface area contributed by atoms with E-state index in [-0.39, 0.29) is 43.9 Å². The molecule has 11 heteroatoms. The summed E-state index contributed by atoms with van der Waals surface area (Å²) >= 11 is 0. The number of aryl methyl sites for hydroxylation is 1. The Balaban J connectivity index is 1.88. The van der Waals surface area contributed by atoms with Crippen LogP contribution >= 0.6 is 0 Å². The highest BCUT2D eigenvalue weighted by atomic mass is 19.1. The van der Waals surface area contributed by atoms with Gasteiger partial charge in [-0.1, -0.05) is 0 Å². The second-order valence-corrected chi connectivity index (χ2v) is 10.4. The number of rotatable bonds is 8. The molecule has 1 fully saturated rings. The predicted molar refractivity (Wildman–Crippen MR) is 139 cm³/mol. The van der Waals surface area contributed by atoms with Crippen LogP contribution in [0.4, 0.5) is 10.1 Å². The minimum atomic E-state index is -1.40. The zero-order chi connectivity index (χ0) is 28.4. The maximum absolute atomic E-state index is 13.6. The number of benzene rings is 1. The normalized spacial score (nSPS) is 15.1. The van der Waals surface area contributed by atoms with Crippen LogP contribution in [-0.4, -0.2) is 64.1 Å². The lowest BCUT2D eigenvalue weighted by Crippen LogP contribution is -2.65. The second-order valence-electron chi connectivity index (χ2n) is 10.4. The van der Waals surface area contributed by atoms with Gasteiger partial charge in [-0.3, -0.25) is 19.2 Å². The monoisotopic (exact) mass is 530 g/mol. The number of ketones is 1. The molecule has 0 spiro atoms. The first-order valence-corrected chi connectivity index (χ1v) is 12.3. The fourth-order valence-corrected chi connectivity index (χ4v) is 4.53. The molecule has 2 aromatic rings. The van der Waals surface area contributed by atoms with E-state index in [1.807, 2.05) is 0 Å². The molecule has 10 nitrogen and oxygen atoms in total. The van der Waals surface area contributed by atoms with Crippen molar-refractivity contribution in [1.82, 2.24) is 15.2 Å². The Hall–Kier alpha value is -3.57. The number of hydrogen-bond acceptors (Lipinski definition) is 6. The summed E-state index contributed by atoms with van der Waals surface area (Å²) in [5.74, 6) is -3.31. The lowest BCUT2D eigenvalue weighted by atomic mass is 9.87. The standard InChI is InChI=1S/C27H35FN4O6/c1-15-13-18(7-8-19(15)28)29-23(35)20-16(2)21(32(6)17(20)3)22(34)24(36)30-27(9-11-38-12-10-27)25(37)31-26(4,5)14-33/h7-8,13,33H,9-12,14H2,1-6H3,(H,29,35)(H,30,36)(H,31,37). The first kappa shape index (κ1) is 29.0. The van der Waals surface area contributed by atoms with Crippen LogP contribution in [0.3, 0.4) is 0 Å². The van der Waals surface area contributed by atoms with Gasteiger partial charge in [-0.2, -0.15) is 0 Å². The highest BCUT2D eigenvalue weighted by Crippen LogP contribution is 2.26. The van der Waals surface area contributed by atoms with Crippen molar-refractivity contribution < 1.29 is 33.4 Å². The van der Waals surface area contributed by atoms with Gasteiger partial charge < -0.3 is 30.4 Å². The molecule has 206 valence electrons. The SMILES string of the molecule is Cc1cc(NC(=O)c2c(C)c(C(=O)C(=O)NC3(C(=O)NC(C)(C)CO)CCOCC3)n(C)c2C)ccc1F. The van der Waals surface area contributed by atoms with E-state index >= 15 is 0 Å². The van der Waals surface area contributed by atoms with Gasteiger partial charge >= 0.3 is 0 Å². The van der Waals surface area contributed by atoms with Crippen LogP contribution in [0.5, 0.6) is 0 Å². The van der Waals surface area contributed by atoms with E-state index in [9.17, 15) is 28.7 Å². The summed E-state index contributed by atoms with van der Waals surface area (Å²) in [5.41, 5.74) is -0.592. The Morgan fingerprint density at radius 3 is 2.34 bits per heavy atom. The molecule has 3 amide bonds. The molecule has 3 rings (SSSR count). The molecule has 4 N–H and O–H groups in total. The Labute approximate surface area is 220 Å². The van der Waals surface area contributed by atoms with Gasteiger partial charge in [-0.15, -0.1) is 0 Å². The van der Waals surface area contributed by atoms with Crippen molar-refractivity contribution in [1.29, 1.82) is 0 Å². The molecule has 1 aliphatic rings. The molecule has 0 saturated carbocycles. The third kappa shape index (κ3) is 5.78. The Kier molecular flexibility index (Phi) is 8.42. The van der Waals surface area contributed by atoms with Crippen molar-refractivity contribution in [2.75, 3.05) is 25.1 Å². The molecule has 1 saturated heterocycles. The number of nitrogens with zero attached hydrogens (tertiary/aromatic N) is 1. The van der Waals surface area contributed by atoms with E-state index in [1.165, 1.54) is 22.8 Å². The van der Waals surface area contributed by atoms with E-state index in [2.05, 4.69) is 16.0 Å². The zero-order valence-electron chi connectivity index (χ0n) is 22.6. The van der Waals surface area contributed by atoms with Crippen LogP contribution in [-0.2, 0) is 21.4 Å². The summed E-state index contributed by atoms with van der Waals surface area (Å²) in [6.07, 6.45) is 0.296. The van der Waals surface area contributed by atoms with Crippen LogP contribution in [0.25, 0.3) is 0 Å². The Bertz CT molecular complexity index is 1280. The average molecular weight is 531 g/mol. The number of aliphatic hydroxyl groups excluding tert-OH is 1. The summed E-state index contributed by atoms with van der Waals surface area (Å²) in [5, 5.41) is 17.6. The molecular formula is C27H35FN4O6. The minimum absolute atomic E-state index is 0.0127. The summed E-state index contributed by atoms with van der Waals surface area (Å²) in [4.78, 5) is 52.9. The number of aliphatic hydroxyl groups is 1. The van der Waals surface area contributed by atoms with Gasteiger partial charge in [-0.25, -0.2) is 4.39 Å². The summed E-state index contributed by atoms with van der Waals surface area (Å²) in [7, 11) is 1.57. The molecule has 2 heterocycles. The van der Waals surface area contributed by atoms with Gasteiger partial charge in [0.2, 0.25) is 5.91 Å². The van der Waals surface area contributed by atoms with Crippen LogP contribution < -0.4 is 16.0 Å². The van der Waals surface area contributed by atoms with Crippen LogP contribution in [0.1, 0.15) is 64.4 Å². The Morgan fingerprint density at radius 1 is 1.13 bits per heavy atom. The fourth-order valence-electron chi connectivity index (χ4n) is 4.53. The van der Waals surface area contributed by atoms with Crippen molar-refractivity contribution in [3.8, 4) is 0 Å². The predicted octanol–water partition coefficient (Wildman–Crippen LogP) is 2.08. The molecule has 1 aromatic heterocycles. The largest absolute Gasteiger partial charge is 0.394 e. The van der Waals surface area contributed by atoms with E-state index in [0.29, 0.717) is 22.5 Å². The van der Waals surface area contributed by atoms with E-state index in [4.69, 9.17) is 4.74 Å². The zero-order valence-corrected chi connectivity index (χ0v) is 22.6. The highest BCUT2D eigenvalue weighted by Gasteiger charge is 2.44. The van der Waals surface area contributed by atoms with Crippen molar-refractivity contribution in [2.45, 2.75) is 58.5 Å². The van der Waals surface area contributed by atoms with Gasteiger partial charge in [0.05, 0.1) is 23.4 Å². The van der Waals surface area contributed by atoms with Crippen molar-refractivity contribution >= 4 is 29.2 Å². The fraction of sp³-hybridized carbons (Fsp3) is 0.481. The van der Waals surface area contributed by atoms with Crippen molar-refractivity contribution in [3.63, 3.8) is 0 Å². The van der Waals surface area contributed by atoms with E-state index in [0.717, 1.165) is 0 Å². The first-order chi connectivity index (χ1) is 17.7. The third-order valence-electron chi connectivity index (χ3n) is 6.98. The molecule has 1 aliphatic heterocycles. The number of Topliss-reactive ketones (excluding diaryl/α,β-unsaturated/α-hetero) is 1. The lowest BCUT2D eigenvalue weighted by Gasteiger charge is -2.38. The smallest absolute Gasteiger partial charge is 0.294 e. The molecule has 0 aliphatic carbocycles. The molecule has 0 unspecified atom stereocenters. The molecular weight excluding hydrogens is 495 g/mol. The number of nitrogens with one attached hydrogen (secondary N) is 3. The number of aromatic nitrogens is 1. The van der Waals surface area contributed by atoms with E-state index in [1.54, 1.807) is 41.7 Å². The van der Waals surface area contributed by atoms with Gasteiger partial charge in [0, 0.05) is 44.5 Å². The highest BCUT2D eigenvalue weighted by molar-refractivity contribution is 6.43. The maximum atomic E-state index is 13.6. The number of amides is 3. The van der Waals surface area contributed by atoms with Gasteiger partial charge in [0.15, 0.2) is 0 Å². The molecule has 0 bridgehead atoms. The average Bonchev–Trinajstić information content (AvgIpc) is 3.08. The third-order valence-corrected chi connectivity index (χ3v) is 6.98. The summed E-state index contributed by atoms with van der Waals surface area (Å²) in [6, 6.07) is 4.18. The number of anilines is 1. The lowest BCUT2D eigenvalue weighted by molar-refractivity contribution is -0.137. The summed E-state index contributed by atoms with van der Waals surface area (Å²) in [6.45, 7) is 8.17. The van der Waals surface area contributed by atoms with Crippen molar-refractivity contribution in [3.05, 3.63) is 52.1 Å². The molecule has 1 aromatic carbocycles. The number of ether oxygens (including phenoxy) is 1. The molecule has 38 heavy (non-hydrogen) atoms. The quantitative estimate of drug-likeness (QED) is 0.305. The Morgan fingerprint density at radius 2 is 1.76 bits per heavy atom. The number of carbonyl (C=O) groups is 4. The topological polar surface area (TPSA) is 139 Å².